The second-order valence-electron chi connectivity index (χ2n) is 6.61. The summed E-state index contributed by atoms with van der Waals surface area (Å²) in [5.74, 6) is 0. The summed E-state index contributed by atoms with van der Waals surface area (Å²) >= 11 is 0. The Balaban J connectivity index is 1.70. The topological polar surface area (TPSA) is 61.8 Å². The van der Waals surface area contributed by atoms with E-state index in [0.29, 0.717) is 5.56 Å². The van der Waals surface area contributed by atoms with E-state index in [2.05, 4.69) is 14.8 Å². The first-order chi connectivity index (χ1) is 13.4. The summed E-state index contributed by atoms with van der Waals surface area (Å²) in [6.07, 6.45) is 1.50. The van der Waals surface area contributed by atoms with Gasteiger partial charge in [0, 0.05) is 18.4 Å². The maximum Gasteiger partial charge on any atom is 0.276 e. The smallest absolute Gasteiger partial charge is 0.276 e. The first-order valence-electron chi connectivity index (χ1n) is 8.88. The van der Waals surface area contributed by atoms with Gasteiger partial charge in [-0.3, -0.25) is 0 Å². The zero-order valence-electron chi connectivity index (χ0n) is 16.1. The molecule has 6 heteroatoms. The van der Waals surface area contributed by atoms with E-state index in [4.69, 9.17) is 0 Å². The van der Waals surface area contributed by atoms with Gasteiger partial charge in [-0.05, 0) is 60.9 Å². The van der Waals surface area contributed by atoms with Crippen molar-refractivity contribution in [2.45, 2.75) is 18.7 Å². The molecule has 5 nitrogen and oxygen atoms in total. The van der Waals surface area contributed by atoms with Crippen LogP contribution in [0.25, 0.3) is 0 Å². The van der Waals surface area contributed by atoms with E-state index in [1.165, 1.54) is 6.21 Å². The highest BCUT2D eigenvalue weighted by molar-refractivity contribution is 7.89. The van der Waals surface area contributed by atoms with Crippen molar-refractivity contribution in [2.24, 2.45) is 5.10 Å². The first kappa shape index (κ1) is 19.6. The zero-order valence-corrected chi connectivity index (χ0v) is 16.9. The normalized spacial score (nSPS) is 11.5. The number of nitrogens with one attached hydrogen (secondary N) is 1. The van der Waals surface area contributed by atoms with Crippen molar-refractivity contribution in [3.05, 3.63) is 89.5 Å². The SMILES string of the molecule is Cc1ccc(C)c(S(=O)(=O)N/N=C\c2ccc(N(C)c3ccccc3)cc2)c1. The summed E-state index contributed by atoms with van der Waals surface area (Å²) < 4.78 is 24.9. The minimum absolute atomic E-state index is 0.240. The molecule has 0 heterocycles. The van der Waals surface area contributed by atoms with Crippen LogP contribution in [0.4, 0.5) is 11.4 Å². The number of hydrogen-bond donors (Lipinski definition) is 1. The van der Waals surface area contributed by atoms with Crippen LogP contribution in [0.3, 0.4) is 0 Å². The van der Waals surface area contributed by atoms with E-state index >= 15 is 0 Å². The van der Waals surface area contributed by atoms with Crippen molar-refractivity contribution in [3.63, 3.8) is 0 Å². The van der Waals surface area contributed by atoms with Gasteiger partial charge in [0.25, 0.3) is 10.0 Å². The fourth-order valence-corrected chi connectivity index (χ4v) is 3.92. The number of nitrogens with zero attached hydrogens (tertiary/aromatic N) is 2. The number of aryl methyl sites for hydroxylation is 2. The summed E-state index contributed by atoms with van der Waals surface area (Å²) in [5, 5.41) is 3.92. The monoisotopic (exact) mass is 393 g/mol. The lowest BCUT2D eigenvalue weighted by atomic mass is 10.2. The number of benzene rings is 3. The van der Waals surface area contributed by atoms with E-state index in [1.807, 2.05) is 74.6 Å². The highest BCUT2D eigenvalue weighted by Gasteiger charge is 2.15. The van der Waals surface area contributed by atoms with Crippen LogP contribution in [0.1, 0.15) is 16.7 Å². The predicted molar refractivity (Wildman–Crippen MR) is 115 cm³/mol. The van der Waals surface area contributed by atoms with Gasteiger partial charge in [-0.2, -0.15) is 13.5 Å². The Morgan fingerprint density at radius 2 is 1.54 bits per heavy atom. The van der Waals surface area contributed by atoms with Crippen LogP contribution in [-0.2, 0) is 10.0 Å². The van der Waals surface area contributed by atoms with E-state index in [0.717, 1.165) is 22.5 Å². The molecule has 0 aliphatic heterocycles. The van der Waals surface area contributed by atoms with Crippen LogP contribution in [0, 0.1) is 13.8 Å². The van der Waals surface area contributed by atoms with Gasteiger partial charge in [0.15, 0.2) is 0 Å². The molecule has 0 radical (unpaired) electrons. The Labute approximate surface area is 166 Å². The number of para-hydroxylation sites is 1. The number of sulfonamides is 1. The summed E-state index contributed by atoms with van der Waals surface area (Å²) in [5.41, 5.74) is 4.48. The minimum atomic E-state index is -3.70. The van der Waals surface area contributed by atoms with Gasteiger partial charge in [-0.15, -0.1) is 0 Å². The lowest BCUT2D eigenvalue weighted by Crippen LogP contribution is -2.19. The predicted octanol–water partition coefficient (Wildman–Crippen LogP) is 4.38. The Bertz CT molecular complexity index is 1080. The van der Waals surface area contributed by atoms with Crippen LogP contribution < -0.4 is 9.73 Å². The quantitative estimate of drug-likeness (QED) is 0.499. The standard InChI is InChI=1S/C22H23N3O2S/c1-17-9-10-18(2)22(15-17)28(26,27)24-23-16-19-11-13-21(14-12-19)25(3)20-7-5-4-6-8-20/h4-16,24H,1-3H3/b23-16-. The van der Waals surface area contributed by atoms with Crippen molar-refractivity contribution in [3.8, 4) is 0 Å². The summed E-state index contributed by atoms with van der Waals surface area (Å²) in [7, 11) is -1.70. The van der Waals surface area contributed by atoms with Gasteiger partial charge < -0.3 is 4.90 Å². The van der Waals surface area contributed by atoms with E-state index in [1.54, 1.807) is 19.1 Å². The van der Waals surface area contributed by atoms with Gasteiger partial charge in [0.1, 0.15) is 0 Å². The van der Waals surface area contributed by atoms with Crippen molar-refractivity contribution in [1.29, 1.82) is 0 Å². The molecule has 0 saturated carbocycles. The lowest BCUT2D eigenvalue weighted by Gasteiger charge is -2.19. The third-order valence-corrected chi connectivity index (χ3v) is 5.81. The number of anilines is 2. The average Bonchev–Trinajstić information content (AvgIpc) is 2.70. The van der Waals surface area contributed by atoms with Gasteiger partial charge in [0.2, 0.25) is 0 Å². The first-order valence-corrected chi connectivity index (χ1v) is 10.4. The maximum absolute atomic E-state index is 12.5. The molecule has 28 heavy (non-hydrogen) atoms. The fraction of sp³-hybridized carbons (Fsp3) is 0.136. The third-order valence-electron chi connectivity index (χ3n) is 4.44. The second kappa shape index (κ2) is 8.27. The largest absolute Gasteiger partial charge is 0.345 e. The molecule has 0 aliphatic carbocycles. The molecule has 0 saturated heterocycles. The molecule has 0 spiro atoms. The second-order valence-corrected chi connectivity index (χ2v) is 8.24. The molecule has 0 aromatic heterocycles. The molecule has 3 aromatic rings. The highest BCUT2D eigenvalue weighted by atomic mass is 32.2. The molecule has 0 fully saturated rings. The van der Waals surface area contributed by atoms with Gasteiger partial charge in [-0.1, -0.05) is 42.5 Å². The van der Waals surface area contributed by atoms with Crippen molar-refractivity contribution in [1.82, 2.24) is 4.83 Å². The molecule has 0 bridgehead atoms. The Morgan fingerprint density at radius 3 is 2.21 bits per heavy atom. The third kappa shape index (κ3) is 4.58. The molecular formula is C22H23N3O2S. The summed E-state index contributed by atoms with van der Waals surface area (Å²) in [4.78, 5) is 4.60. The zero-order chi connectivity index (χ0) is 20.1. The fourth-order valence-electron chi connectivity index (χ4n) is 2.80. The van der Waals surface area contributed by atoms with Crippen molar-refractivity contribution >= 4 is 27.6 Å². The van der Waals surface area contributed by atoms with Crippen LogP contribution in [0.5, 0.6) is 0 Å². The van der Waals surface area contributed by atoms with Crippen molar-refractivity contribution in [2.75, 3.05) is 11.9 Å². The molecule has 144 valence electrons. The Hall–Kier alpha value is -3.12. The van der Waals surface area contributed by atoms with E-state index < -0.39 is 10.0 Å². The lowest BCUT2D eigenvalue weighted by molar-refractivity contribution is 0.584. The van der Waals surface area contributed by atoms with Crippen LogP contribution in [-0.4, -0.2) is 21.7 Å². The molecule has 3 aromatic carbocycles. The van der Waals surface area contributed by atoms with E-state index in [-0.39, 0.29) is 4.90 Å². The van der Waals surface area contributed by atoms with Crippen LogP contribution in [0.2, 0.25) is 0 Å². The minimum Gasteiger partial charge on any atom is -0.345 e. The van der Waals surface area contributed by atoms with Gasteiger partial charge in [0.05, 0.1) is 11.1 Å². The summed E-state index contributed by atoms with van der Waals surface area (Å²) in [6.45, 7) is 3.62. The molecule has 1 N–H and O–H groups in total. The average molecular weight is 394 g/mol. The molecular weight excluding hydrogens is 370 g/mol. The Morgan fingerprint density at radius 1 is 0.893 bits per heavy atom. The maximum atomic E-state index is 12.5. The van der Waals surface area contributed by atoms with Crippen LogP contribution in [0.15, 0.2) is 82.8 Å². The molecule has 0 atom stereocenters. The van der Waals surface area contributed by atoms with Gasteiger partial charge >= 0.3 is 0 Å². The molecule has 0 unspecified atom stereocenters. The van der Waals surface area contributed by atoms with Gasteiger partial charge in [-0.25, -0.2) is 4.83 Å². The highest BCUT2D eigenvalue weighted by Crippen LogP contribution is 2.23. The van der Waals surface area contributed by atoms with Crippen LogP contribution >= 0.6 is 0 Å². The van der Waals surface area contributed by atoms with E-state index in [9.17, 15) is 8.42 Å². The molecule has 0 amide bonds. The number of rotatable bonds is 6. The Kier molecular flexibility index (Phi) is 5.80. The number of hydrazone groups is 1. The molecule has 0 aliphatic rings. The number of hydrogen-bond acceptors (Lipinski definition) is 4. The summed E-state index contributed by atoms with van der Waals surface area (Å²) in [6, 6.07) is 23.1. The molecule has 3 rings (SSSR count). The van der Waals surface area contributed by atoms with Crippen molar-refractivity contribution < 1.29 is 8.42 Å².